The number of anilines is 1. The molecule has 11 heteroatoms. The third kappa shape index (κ3) is 8.83. The van der Waals surface area contributed by atoms with E-state index in [1.165, 1.54) is 17.0 Å². The Morgan fingerprint density at radius 2 is 1.64 bits per heavy atom. The lowest BCUT2D eigenvalue weighted by Crippen LogP contribution is -2.23. The Morgan fingerprint density at radius 1 is 0.949 bits per heavy atom. The standard InChI is InChI=1S/C28H27F3N4O2.2ClH/c29-23-10-11-24(30)28(31)22(23)18-35-15-14-33-26(35)16-27(37)34-21-8-6-19(7-9-21)12-13-32-17-25(36)20-4-2-1-3-5-20;;/h1-11,14-15,25,32,36H,12-13,16-18H2,(H,34,37);2*1H/t25-;;/m0../s1. The molecule has 0 bridgehead atoms. The summed E-state index contributed by atoms with van der Waals surface area (Å²) in [4.78, 5) is 16.6. The third-order valence-electron chi connectivity index (χ3n) is 5.94. The van der Waals surface area contributed by atoms with Gasteiger partial charge in [-0.15, -0.1) is 24.8 Å². The van der Waals surface area contributed by atoms with E-state index in [1.54, 1.807) is 12.1 Å². The molecule has 0 unspecified atom stereocenters. The molecule has 1 aromatic heterocycles. The van der Waals surface area contributed by atoms with Crippen LogP contribution >= 0.6 is 24.8 Å². The number of hydrogen-bond donors (Lipinski definition) is 3. The molecule has 0 aliphatic carbocycles. The number of nitrogens with zero attached hydrogens (tertiary/aromatic N) is 2. The number of carbonyl (C=O) groups is 1. The molecule has 39 heavy (non-hydrogen) atoms. The Bertz CT molecular complexity index is 1340. The van der Waals surface area contributed by atoms with E-state index >= 15 is 0 Å². The summed E-state index contributed by atoms with van der Waals surface area (Å²) < 4.78 is 43.0. The zero-order valence-corrected chi connectivity index (χ0v) is 22.5. The minimum atomic E-state index is -1.26. The molecule has 6 nitrogen and oxygen atoms in total. The van der Waals surface area contributed by atoms with Crippen LogP contribution in [0.5, 0.6) is 0 Å². The van der Waals surface area contributed by atoms with Crippen molar-refractivity contribution in [2.24, 2.45) is 0 Å². The van der Waals surface area contributed by atoms with Crippen molar-refractivity contribution >= 4 is 36.4 Å². The van der Waals surface area contributed by atoms with E-state index in [-0.39, 0.29) is 43.7 Å². The Balaban J connectivity index is 0.00000267. The van der Waals surface area contributed by atoms with Gasteiger partial charge in [-0.1, -0.05) is 42.5 Å². The number of carbonyl (C=O) groups excluding carboxylic acids is 1. The number of imidazole rings is 1. The highest BCUT2D eigenvalue weighted by atomic mass is 35.5. The number of benzene rings is 3. The maximum Gasteiger partial charge on any atom is 0.231 e. The fourth-order valence-electron chi connectivity index (χ4n) is 3.90. The lowest BCUT2D eigenvalue weighted by atomic mass is 10.1. The van der Waals surface area contributed by atoms with Crippen LogP contribution in [0.15, 0.2) is 79.1 Å². The molecule has 1 heterocycles. The Labute approximate surface area is 237 Å². The first kappa shape index (κ1) is 31.8. The summed E-state index contributed by atoms with van der Waals surface area (Å²) in [6.45, 7) is 0.848. The van der Waals surface area contributed by atoms with Crippen molar-refractivity contribution in [2.75, 3.05) is 18.4 Å². The average Bonchev–Trinajstić information content (AvgIpc) is 3.34. The van der Waals surface area contributed by atoms with E-state index in [9.17, 15) is 23.1 Å². The van der Waals surface area contributed by atoms with E-state index in [1.807, 2.05) is 42.5 Å². The van der Waals surface area contributed by atoms with Crippen LogP contribution in [0.25, 0.3) is 0 Å². The van der Waals surface area contributed by atoms with Crippen LogP contribution in [0.2, 0.25) is 0 Å². The second-order valence-electron chi connectivity index (χ2n) is 8.60. The highest BCUT2D eigenvalue weighted by molar-refractivity contribution is 5.91. The Morgan fingerprint density at radius 3 is 2.36 bits per heavy atom. The van der Waals surface area contributed by atoms with Crippen LogP contribution < -0.4 is 10.6 Å². The normalized spacial score (nSPS) is 11.3. The van der Waals surface area contributed by atoms with Crippen LogP contribution in [0.3, 0.4) is 0 Å². The highest BCUT2D eigenvalue weighted by Crippen LogP contribution is 2.18. The van der Waals surface area contributed by atoms with Gasteiger partial charge in [0.2, 0.25) is 5.91 Å². The minimum absolute atomic E-state index is 0. The molecule has 4 aromatic rings. The zero-order chi connectivity index (χ0) is 26.2. The van der Waals surface area contributed by atoms with Gasteiger partial charge in [0.15, 0.2) is 11.6 Å². The zero-order valence-electron chi connectivity index (χ0n) is 20.8. The smallest absolute Gasteiger partial charge is 0.231 e. The quantitative estimate of drug-likeness (QED) is 0.167. The topological polar surface area (TPSA) is 79.2 Å². The molecule has 0 aliphatic heterocycles. The molecule has 0 radical (unpaired) electrons. The van der Waals surface area contributed by atoms with Gasteiger partial charge < -0.3 is 20.3 Å². The van der Waals surface area contributed by atoms with E-state index in [0.29, 0.717) is 24.6 Å². The molecule has 3 aromatic carbocycles. The van der Waals surface area contributed by atoms with Crippen LogP contribution in [0, 0.1) is 17.5 Å². The van der Waals surface area contributed by atoms with Crippen molar-refractivity contribution in [2.45, 2.75) is 25.5 Å². The average molecular weight is 581 g/mol. The SMILES string of the molecule is Cl.Cl.O=C(Cc1nccn1Cc1c(F)ccc(F)c1F)Nc1ccc(CCNC[C@H](O)c2ccccc2)cc1. The van der Waals surface area contributed by atoms with Crippen molar-refractivity contribution in [1.82, 2.24) is 14.9 Å². The van der Waals surface area contributed by atoms with Crippen LogP contribution in [-0.4, -0.2) is 33.7 Å². The summed E-state index contributed by atoms with van der Waals surface area (Å²) in [5, 5.41) is 16.2. The Hall–Kier alpha value is -3.37. The predicted octanol–water partition coefficient (Wildman–Crippen LogP) is 5.24. The van der Waals surface area contributed by atoms with Crippen molar-refractivity contribution < 1.29 is 23.1 Å². The maximum atomic E-state index is 14.0. The third-order valence-corrected chi connectivity index (χ3v) is 5.94. The Kier molecular flexibility index (Phi) is 12.5. The highest BCUT2D eigenvalue weighted by Gasteiger charge is 2.17. The molecule has 0 saturated heterocycles. The summed E-state index contributed by atoms with van der Waals surface area (Å²) >= 11 is 0. The molecule has 1 atom stereocenters. The minimum Gasteiger partial charge on any atom is -0.387 e. The van der Waals surface area contributed by atoms with Gasteiger partial charge >= 0.3 is 0 Å². The van der Waals surface area contributed by atoms with Crippen LogP contribution in [-0.2, 0) is 24.2 Å². The van der Waals surface area contributed by atoms with Gasteiger partial charge in [0.1, 0.15) is 11.6 Å². The van der Waals surface area contributed by atoms with E-state index in [4.69, 9.17) is 0 Å². The summed E-state index contributed by atoms with van der Waals surface area (Å²) in [5.41, 5.74) is 2.10. The van der Waals surface area contributed by atoms with Gasteiger partial charge in [-0.05, 0) is 48.4 Å². The predicted molar refractivity (Wildman–Crippen MR) is 149 cm³/mol. The van der Waals surface area contributed by atoms with E-state index < -0.39 is 29.1 Å². The summed E-state index contributed by atoms with van der Waals surface area (Å²) in [5.74, 6) is -3.32. The largest absolute Gasteiger partial charge is 0.387 e. The molecule has 0 saturated carbocycles. The fourth-order valence-corrected chi connectivity index (χ4v) is 3.90. The van der Waals surface area contributed by atoms with Gasteiger partial charge in [-0.25, -0.2) is 18.2 Å². The summed E-state index contributed by atoms with van der Waals surface area (Å²) in [7, 11) is 0. The lowest BCUT2D eigenvalue weighted by molar-refractivity contribution is -0.115. The van der Waals surface area contributed by atoms with Crippen molar-refractivity contribution in [3.05, 3.63) is 119 Å². The lowest BCUT2D eigenvalue weighted by Gasteiger charge is -2.12. The maximum absolute atomic E-state index is 14.0. The molecular weight excluding hydrogens is 552 g/mol. The van der Waals surface area contributed by atoms with E-state index in [0.717, 1.165) is 29.7 Å². The van der Waals surface area contributed by atoms with Gasteiger partial charge in [-0.3, -0.25) is 4.79 Å². The molecule has 0 aliphatic rings. The molecule has 4 rings (SSSR count). The second-order valence-corrected chi connectivity index (χ2v) is 8.60. The number of nitrogens with one attached hydrogen (secondary N) is 2. The number of aromatic nitrogens is 2. The number of halogens is 5. The van der Waals surface area contributed by atoms with Gasteiger partial charge in [0.25, 0.3) is 0 Å². The molecule has 3 N–H and O–H groups in total. The first-order valence-electron chi connectivity index (χ1n) is 11.9. The second kappa shape index (κ2) is 15.3. The number of rotatable bonds is 11. The molecule has 208 valence electrons. The van der Waals surface area contributed by atoms with Gasteiger partial charge in [0, 0.05) is 30.2 Å². The molecular formula is C28H29Cl2F3N4O2. The first-order chi connectivity index (χ1) is 17.9. The monoisotopic (exact) mass is 580 g/mol. The van der Waals surface area contributed by atoms with Crippen molar-refractivity contribution in [3.8, 4) is 0 Å². The fraction of sp³-hybridized carbons (Fsp3) is 0.214. The summed E-state index contributed by atoms with van der Waals surface area (Å²) in [6.07, 6.45) is 2.95. The van der Waals surface area contributed by atoms with E-state index in [2.05, 4.69) is 15.6 Å². The van der Waals surface area contributed by atoms with Gasteiger partial charge in [0.05, 0.1) is 19.1 Å². The van der Waals surface area contributed by atoms with Crippen molar-refractivity contribution in [3.63, 3.8) is 0 Å². The number of amides is 1. The van der Waals surface area contributed by atoms with Crippen LogP contribution in [0.4, 0.5) is 18.9 Å². The number of aliphatic hydroxyl groups excluding tert-OH is 1. The number of aliphatic hydroxyl groups is 1. The molecule has 0 spiro atoms. The summed E-state index contributed by atoms with van der Waals surface area (Å²) in [6, 6.07) is 18.4. The molecule has 0 fully saturated rings. The molecule has 1 amide bonds. The first-order valence-corrected chi connectivity index (χ1v) is 11.9. The van der Waals surface area contributed by atoms with Crippen LogP contribution in [0.1, 0.15) is 28.6 Å². The van der Waals surface area contributed by atoms with Crippen molar-refractivity contribution in [1.29, 1.82) is 0 Å². The van der Waals surface area contributed by atoms with Gasteiger partial charge in [-0.2, -0.15) is 0 Å². The number of hydrogen-bond acceptors (Lipinski definition) is 4.